The van der Waals surface area contributed by atoms with Gasteiger partial charge in [0.1, 0.15) is 6.54 Å². The molecule has 2 fully saturated rings. The van der Waals surface area contributed by atoms with E-state index >= 15 is 0 Å². The predicted octanol–water partition coefficient (Wildman–Crippen LogP) is -1.55. The largest absolute Gasteiger partial charge is 0.450 e. The Balaban J connectivity index is 2.01. The number of hydrogen-bond donors (Lipinski definition) is 1. The maximum absolute atomic E-state index is 12.0. The first-order valence-electron chi connectivity index (χ1n) is 6.43. The minimum atomic E-state index is -3.31. The molecule has 8 nitrogen and oxygen atoms in total. The summed E-state index contributed by atoms with van der Waals surface area (Å²) < 4.78 is 27.8. The van der Waals surface area contributed by atoms with Crippen molar-refractivity contribution >= 4 is 21.8 Å². The number of sulfone groups is 1. The van der Waals surface area contributed by atoms with Crippen LogP contribution in [0, 0.1) is 0 Å². The Morgan fingerprint density at radius 3 is 2.60 bits per heavy atom. The molecule has 1 N–H and O–H groups in total. The molecule has 0 bridgehead atoms. The Morgan fingerprint density at radius 2 is 2.10 bits per heavy atom. The SMILES string of the molecule is CCOC(=O)N1CCN([C@H]2CS(=O)(=O)C[C@H]2O)C(=O)C1. The molecule has 0 unspecified atom stereocenters. The summed E-state index contributed by atoms with van der Waals surface area (Å²) in [6.07, 6.45) is -1.61. The minimum Gasteiger partial charge on any atom is -0.450 e. The number of rotatable bonds is 2. The van der Waals surface area contributed by atoms with E-state index in [1.54, 1.807) is 6.92 Å². The number of aliphatic hydroxyl groups excluding tert-OH is 1. The van der Waals surface area contributed by atoms with Crippen molar-refractivity contribution in [2.45, 2.75) is 19.1 Å². The van der Waals surface area contributed by atoms with Crippen LogP contribution in [-0.2, 0) is 19.4 Å². The Kier molecular flexibility index (Phi) is 4.19. The van der Waals surface area contributed by atoms with Gasteiger partial charge in [0.05, 0.1) is 30.3 Å². The molecule has 2 rings (SSSR count). The lowest BCUT2D eigenvalue weighted by molar-refractivity contribution is -0.139. The molecule has 0 aromatic rings. The second kappa shape index (κ2) is 5.57. The highest BCUT2D eigenvalue weighted by Crippen LogP contribution is 2.20. The smallest absolute Gasteiger partial charge is 0.410 e. The average molecular weight is 306 g/mol. The molecule has 20 heavy (non-hydrogen) atoms. The molecular weight excluding hydrogens is 288 g/mol. The summed E-state index contributed by atoms with van der Waals surface area (Å²) in [5, 5.41) is 9.78. The van der Waals surface area contributed by atoms with Gasteiger partial charge in [0, 0.05) is 13.1 Å². The number of ether oxygens (including phenoxy) is 1. The zero-order valence-corrected chi connectivity index (χ0v) is 12.0. The van der Waals surface area contributed by atoms with Crippen LogP contribution in [0.25, 0.3) is 0 Å². The van der Waals surface area contributed by atoms with E-state index in [2.05, 4.69) is 0 Å². The van der Waals surface area contributed by atoms with Crippen LogP contribution in [-0.4, -0.2) is 85.2 Å². The molecule has 0 radical (unpaired) electrons. The van der Waals surface area contributed by atoms with E-state index in [1.807, 2.05) is 0 Å². The molecule has 9 heteroatoms. The molecule has 114 valence electrons. The molecule has 2 heterocycles. The second-order valence-corrected chi connectivity index (χ2v) is 7.07. The molecular formula is C11H18N2O6S. The first kappa shape index (κ1) is 15.0. The van der Waals surface area contributed by atoms with Crippen LogP contribution in [0.4, 0.5) is 4.79 Å². The quantitative estimate of drug-likeness (QED) is 0.662. The van der Waals surface area contributed by atoms with Gasteiger partial charge in [-0.1, -0.05) is 0 Å². The third-order valence-corrected chi connectivity index (χ3v) is 5.18. The van der Waals surface area contributed by atoms with Gasteiger partial charge in [-0.2, -0.15) is 0 Å². The standard InChI is InChI=1S/C11H18N2O6S/c1-2-19-11(16)12-3-4-13(10(15)5-12)8-6-20(17,18)7-9(8)14/h8-9,14H,2-7H2,1H3/t8-,9+/m0/s1. The van der Waals surface area contributed by atoms with E-state index in [-0.39, 0.29) is 43.7 Å². The Morgan fingerprint density at radius 1 is 1.40 bits per heavy atom. The molecule has 0 aromatic carbocycles. The summed E-state index contributed by atoms with van der Waals surface area (Å²) in [5.41, 5.74) is 0. The van der Waals surface area contributed by atoms with Crippen LogP contribution >= 0.6 is 0 Å². The van der Waals surface area contributed by atoms with Gasteiger partial charge in [-0.15, -0.1) is 0 Å². The minimum absolute atomic E-state index is 0.151. The molecule has 2 atom stereocenters. The van der Waals surface area contributed by atoms with Gasteiger partial charge < -0.3 is 14.7 Å². The van der Waals surface area contributed by atoms with Gasteiger partial charge >= 0.3 is 6.09 Å². The highest BCUT2D eigenvalue weighted by Gasteiger charge is 2.43. The van der Waals surface area contributed by atoms with Gasteiger partial charge in [-0.25, -0.2) is 13.2 Å². The molecule has 2 amide bonds. The molecule has 2 aliphatic rings. The van der Waals surface area contributed by atoms with Crippen LogP contribution in [0.15, 0.2) is 0 Å². The number of carbonyl (C=O) groups excluding carboxylic acids is 2. The summed E-state index contributed by atoms with van der Waals surface area (Å²) in [6.45, 7) is 2.23. The number of piperazine rings is 1. The van der Waals surface area contributed by atoms with Crippen LogP contribution in [0.2, 0.25) is 0 Å². The van der Waals surface area contributed by atoms with Gasteiger partial charge in [-0.3, -0.25) is 9.69 Å². The first-order valence-corrected chi connectivity index (χ1v) is 8.26. The topological polar surface area (TPSA) is 104 Å². The van der Waals surface area contributed by atoms with Crippen LogP contribution in [0.3, 0.4) is 0 Å². The fourth-order valence-electron chi connectivity index (χ4n) is 2.52. The summed E-state index contributed by atoms with van der Waals surface area (Å²) in [4.78, 5) is 26.2. The summed E-state index contributed by atoms with van der Waals surface area (Å²) >= 11 is 0. The van der Waals surface area contributed by atoms with E-state index in [1.165, 1.54) is 9.80 Å². The first-order chi connectivity index (χ1) is 9.34. The van der Waals surface area contributed by atoms with Crippen molar-refractivity contribution in [3.8, 4) is 0 Å². The lowest BCUT2D eigenvalue weighted by atomic mass is 10.1. The second-order valence-electron chi connectivity index (χ2n) is 4.92. The fraction of sp³-hybridized carbons (Fsp3) is 0.818. The number of aliphatic hydroxyl groups is 1. The zero-order chi connectivity index (χ0) is 14.9. The number of nitrogens with zero attached hydrogens (tertiary/aromatic N) is 2. The van der Waals surface area contributed by atoms with Crippen molar-refractivity contribution in [1.29, 1.82) is 0 Å². The third kappa shape index (κ3) is 3.04. The molecule has 2 saturated heterocycles. The van der Waals surface area contributed by atoms with Crippen LogP contribution in [0.5, 0.6) is 0 Å². The van der Waals surface area contributed by atoms with Gasteiger partial charge in [-0.05, 0) is 6.92 Å². The van der Waals surface area contributed by atoms with Gasteiger partial charge in [0.2, 0.25) is 5.91 Å². The van der Waals surface area contributed by atoms with E-state index in [0.717, 1.165) is 0 Å². The Bertz CT molecular complexity index is 505. The fourth-order valence-corrected chi connectivity index (χ4v) is 4.32. The monoisotopic (exact) mass is 306 g/mol. The third-order valence-electron chi connectivity index (χ3n) is 3.48. The van der Waals surface area contributed by atoms with Crippen molar-refractivity contribution in [1.82, 2.24) is 9.80 Å². The van der Waals surface area contributed by atoms with Gasteiger partial charge in [0.25, 0.3) is 0 Å². The maximum Gasteiger partial charge on any atom is 0.410 e. The lowest BCUT2D eigenvalue weighted by Crippen LogP contribution is -2.58. The van der Waals surface area contributed by atoms with Crippen molar-refractivity contribution in [3.63, 3.8) is 0 Å². The maximum atomic E-state index is 12.0. The Labute approximate surface area is 117 Å². The van der Waals surface area contributed by atoms with E-state index < -0.39 is 28.1 Å². The van der Waals surface area contributed by atoms with Gasteiger partial charge in [0.15, 0.2) is 9.84 Å². The summed E-state index contributed by atoms with van der Waals surface area (Å²) in [5.74, 6) is -0.909. The highest BCUT2D eigenvalue weighted by molar-refractivity contribution is 7.91. The molecule has 0 saturated carbocycles. The Hall–Kier alpha value is -1.35. The average Bonchev–Trinajstić information content (AvgIpc) is 2.63. The van der Waals surface area contributed by atoms with Crippen molar-refractivity contribution < 1.29 is 27.9 Å². The van der Waals surface area contributed by atoms with E-state index in [9.17, 15) is 23.1 Å². The number of amides is 2. The highest BCUT2D eigenvalue weighted by atomic mass is 32.2. The van der Waals surface area contributed by atoms with Crippen molar-refractivity contribution in [3.05, 3.63) is 0 Å². The van der Waals surface area contributed by atoms with Crippen molar-refractivity contribution in [2.75, 3.05) is 37.7 Å². The van der Waals surface area contributed by atoms with Crippen molar-refractivity contribution in [2.24, 2.45) is 0 Å². The lowest BCUT2D eigenvalue weighted by Gasteiger charge is -2.37. The molecule has 0 spiro atoms. The van der Waals surface area contributed by atoms with E-state index in [4.69, 9.17) is 4.74 Å². The van der Waals surface area contributed by atoms with Crippen LogP contribution in [0.1, 0.15) is 6.92 Å². The molecule has 0 aromatic heterocycles. The summed E-state index contributed by atoms with van der Waals surface area (Å²) in [7, 11) is -3.31. The van der Waals surface area contributed by atoms with Crippen LogP contribution < -0.4 is 0 Å². The normalized spacial score (nSPS) is 29.6. The predicted molar refractivity (Wildman–Crippen MR) is 68.8 cm³/mol. The number of carbonyl (C=O) groups is 2. The zero-order valence-electron chi connectivity index (χ0n) is 11.2. The molecule has 2 aliphatic heterocycles. The van der Waals surface area contributed by atoms with E-state index in [0.29, 0.717) is 0 Å². The summed E-state index contributed by atoms with van der Waals surface area (Å²) in [6, 6.07) is -0.711. The molecule has 0 aliphatic carbocycles. The number of hydrogen-bond acceptors (Lipinski definition) is 6.